The molecule has 1 unspecified atom stereocenters. The van der Waals surface area contributed by atoms with E-state index in [9.17, 15) is 13.5 Å². The molecule has 1 heterocycles. The molecule has 1 saturated heterocycles. The minimum atomic E-state index is -3.33. The molecule has 0 radical (unpaired) electrons. The van der Waals surface area contributed by atoms with Gasteiger partial charge < -0.3 is 9.84 Å². The Kier molecular flexibility index (Phi) is 5.76. The molecule has 0 aromatic heterocycles. The molecule has 0 aromatic carbocycles. The molecule has 114 valence electrons. The van der Waals surface area contributed by atoms with Crippen LogP contribution in [0, 0.1) is 0 Å². The van der Waals surface area contributed by atoms with Gasteiger partial charge in [0, 0.05) is 38.8 Å². The monoisotopic (exact) mass is 294 g/mol. The summed E-state index contributed by atoms with van der Waals surface area (Å²) in [5, 5.41) is 10.1. The van der Waals surface area contributed by atoms with Crippen LogP contribution >= 0.6 is 0 Å². The molecule has 19 heavy (non-hydrogen) atoms. The van der Waals surface area contributed by atoms with E-state index in [2.05, 4.69) is 0 Å². The van der Waals surface area contributed by atoms with Crippen LogP contribution in [-0.4, -0.2) is 80.0 Å². The first-order valence-electron chi connectivity index (χ1n) is 6.56. The summed E-state index contributed by atoms with van der Waals surface area (Å²) in [5.74, 6) is 0.0840. The van der Waals surface area contributed by atoms with E-state index in [0.717, 1.165) is 0 Å². The second kappa shape index (κ2) is 6.49. The van der Waals surface area contributed by atoms with Gasteiger partial charge in [0.05, 0.1) is 18.5 Å². The van der Waals surface area contributed by atoms with E-state index in [4.69, 9.17) is 4.74 Å². The lowest BCUT2D eigenvalue weighted by Gasteiger charge is -2.40. The molecule has 0 amide bonds. The highest BCUT2D eigenvalue weighted by Crippen LogP contribution is 2.17. The summed E-state index contributed by atoms with van der Waals surface area (Å²) < 4.78 is 30.7. The normalized spacial score (nSPS) is 26.9. The highest BCUT2D eigenvalue weighted by Gasteiger charge is 2.32. The molecule has 1 rings (SSSR count). The van der Waals surface area contributed by atoms with E-state index < -0.39 is 16.1 Å². The van der Waals surface area contributed by atoms with Crippen LogP contribution in [0.15, 0.2) is 0 Å². The summed E-state index contributed by atoms with van der Waals surface area (Å²) in [5.41, 5.74) is -0.148. The lowest BCUT2D eigenvalue weighted by atomic mass is 10.1. The van der Waals surface area contributed by atoms with Crippen LogP contribution in [0.1, 0.15) is 20.8 Å². The molecule has 1 fully saturated rings. The molecular formula is C12H26N2O4S. The maximum absolute atomic E-state index is 12.2. The molecule has 1 aliphatic rings. The Morgan fingerprint density at radius 3 is 2.47 bits per heavy atom. The molecule has 0 saturated carbocycles. The number of ether oxygens (including phenoxy) is 1. The standard InChI is InChI=1S/C12H26N2O4S/c1-12(2,3)13-6-8-19(16,17)14(5-7-18-4)10-11(15)9-13/h11,15H,5-10H2,1-4H3. The van der Waals surface area contributed by atoms with Crippen molar-refractivity contribution < 1.29 is 18.3 Å². The van der Waals surface area contributed by atoms with Crippen molar-refractivity contribution >= 4 is 10.0 Å². The van der Waals surface area contributed by atoms with Gasteiger partial charge in [-0.25, -0.2) is 8.42 Å². The molecule has 0 spiro atoms. The lowest BCUT2D eigenvalue weighted by Crippen LogP contribution is -2.54. The number of hydrogen-bond donors (Lipinski definition) is 1. The van der Waals surface area contributed by atoms with Crippen molar-refractivity contribution in [2.24, 2.45) is 0 Å². The second-order valence-corrected chi connectivity index (χ2v) is 8.03. The number of nitrogens with zero attached hydrogens (tertiary/aromatic N) is 2. The molecule has 7 heteroatoms. The smallest absolute Gasteiger partial charge is 0.215 e. The van der Waals surface area contributed by atoms with Crippen LogP contribution < -0.4 is 0 Å². The van der Waals surface area contributed by atoms with Crippen molar-refractivity contribution in [2.45, 2.75) is 32.4 Å². The topological polar surface area (TPSA) is 70.1 Å². The van der Waals surface area contributed by atoms with Crippen molar-refractivity contribution in [1.82, 2.24) is 9.21 Å². The molecule has 0 aromatic rings. The van der Waals surface area contributed by atoms with Crippen molar-refractivity contribution in [3.8, 4) is 0 Å². The highest BCUT2D eigenvalue weighted by atomic mass is 32.2. The van der Waals surface area contributed by atoms with E-state index in [0.29, 0.717) is 26.2 Å². The Hall–Kier alpha value is -0.210. The number of β-amino-alcohol motifs (C(OH)–C–C–N with tert-alkyl or cyclic N) is 1. The third-order valence-electron chi connectivity index (χ3n) is 3.35. The minimum Gasteiger partial charge on any atom is -0.390 e. The summed E-state index contributed by atoms with van der Waals surface area (Å²) in [6.45, 7) is 7.78. The largest absolute Gasteiger partial charge is 0.390 e. The first-order chi connectivity index (χ1) is 8.66. The van der Waals surface area contributed by atoms with Gasteiger partial charge in [-0.05, 0) is 20.8 Å². The molecule has 0 aliphatic carbocycles. The zero-order valence-corrected chi connectivity index (χ0v) is 13.1. The molecule has 6 nitrogen and oxygen atoms in total. The molecule has 0 bridgehead atoms. The SMILES string of the molecule is COCCN1CC(O)CN(C(C)(C)C)CCS1(=O)=O. The van der Waals surface area contributed by atoms with Gasteiger partial charge >= 0.3 is 0 Å². The van der Waals surface area contributed by atoms with Gasteiger partial charge in [-0.2, -0.15) is 4.31 Å². The first kappa shape index (κ1) is 16.8. The van der Waals surface area contributed by atoms with E-state index >= 15 is 0 Å². The van der Waals surface area contributed by atoms with Gasteiger partial charge in [0.1, 0.15) is 0 Å². The predicted octanol–water partition coefficient (Wildman–Crippen LogP) is -0.260. The number of aliphatic hydroxyl groups excluding tert-OH is 1. The highest BCUT2D eigenvalue weighted by molar-refractivity contribution is 7.89. The van der Waals surface area contributed by atoms with Crippen LogP contribution in [0.5, 0.6) is 0 Å². The Balaban J connectivity index is 2.81. The summed E-state index contributed by atoms with van der Waals surface area (Å²) in [7, 11) is -1.79. The molecule has 1 aliphatic heterocycles. The maximum Gasteiger partial charge on any atom is 0.215 e. The first-order valence-corrected chi connectivity index (χ1v) is 8.17. The van der Waals surface area contributed by atoms with E-state index in [1.807, 2.05) is 25.7 Å². The average molecular weight is 294 g/mol. The summed E-state index contributed by atoms with van der Waals surface area (Å²) in [6.07, 6.45) is -0.675. The van der Waals surface area contributed by atoms with Gasteiger partial charge in [-0.1, -0.05) is 0 Å². The fourth-order valence-electron chi connectivity index (χ4n) is 2.14. The van der Waals surface area contributed by atoms with E-state index in [1.165, 1.54) is 11.4 Å². The third-order valence-corrected chi connectivity index (χ3v) is 5.17. The minimum absolute atomic E-state index is 0.0840. The zero-order valence-electron chi connectivity index (χ0n) is 12.3. The third kappa shape index (κ3) is 5.00. The summed E-state index contributed by atoms with van der Waals surface area (Å²) in [4.78, 5) is 2.02. The number of sulfonamides is 1. The fourth-order valence-corrected chi connectivity index (χ4v) is 3.60. The van der Waals surface area contributed by atoms with Crippen molar-refractivity contribution in [3.63, 3.8) is 0 Å². The number of methoxy groups -OCH3 is 1. The summed E-state index contributed by atoms with van der Waals surface area (Å²) >= 11 is 0. The van der Waals surface area contributed by atoms with Gasteiger partial charge in [-0.3, -0.25) is 4.90 Å². The zero-order chi connectivity index (χ0) is 14.7. The Morgan fingerprint density at radius 1 is 1.32 bits per heavy atom. The average Bonchev–Trinajstić information content (AvgIpc) is 2.26. The molecule has 1 N–H and O–H groups in total. The fraction of sp³-hybridized carbons (Fsp3) is 1.00. The van der Waals surface area contributed by atoms with Gasteiger partial charge in [-0.15, -0.1) is 0 Å². The van der Waals surface area contributed by atoms with Crippen molar-refractivity contribution in [3.05, 3.63) is 0 Å². The van der Waals surface area contributed by atoms with Gasteiger partial charge in [0.15, 0.2) is 0 Å². The van der Waals surface area contributed by atoms with E-state index in [1.54, 1.807) is 0 Å². The van der Waals surface area contributed by atoms with Crippen molar-refractivity contribution in [2.75, 3.05) is 45.6 Å². The Bertz CT molecular complexity index is 378. The van der Waals surface area contributed by atoms with E-state index in [-0.39, 0.29) is 17.8 Å². The van der Waals surface area contributed by atoms with Crippen LogP contribution in [0.2, 0.25) is 0 Å². The number of aliphatic hydroxyl groups is 1. The Morgan fingerprint density at radius 2 is 1.95 bits per heavy atom. The quantitative estimate of drug-likeness (QED) is 0.776. The van der Waals surface area contributed by atoms with Gasteiger partial charge in [0.25, 0.3) is 0 Å². The van der Waals surface area contributed by atoms with Crippen LogP contribution in [0.25, 0.3) is 0 Å². The lowest BCUT2D eigenvalue weighted by molar-refractivity contribution is 0.0453. The maximum atomic E-state index is 12.2. The second-order valence-electron chi connectivity index (χ2n) is 5.94. The van der Waals surface area contributed by atoms with Crippen LogP contribution in [-0.2, 0) is 14.8 Å². The predicted molar refractivity (Wildman–Crippen MR) is 74.6 cm³/mol. The van der Waals surface area contributed by atoms with Crippen LogP contribution in [0.4, 0.5) is 0 Å². The summed E-state index contributed by atoms with van der Waals surface area (Å²) in [6, 6.07) is 0. The molecule has 1 atom stereocenters. The Labute approximate surface area is 116 Å². The van der Waals surface area contributed by atoms with Crippen molar-refractivity contribution in [1.29, 1.82) is 0 Å². The molecular weight excluding hydrogens is 268 g/mol. The van der Waals surface area contributed by atoms with Crippen LogP contribution in [0.3, 0.4) is 0 Å². The van der Waals surface area contributed by atoms with Gasteiger partial charge in [0.2, 0.25) is 10.0 Å². The number of rotatable bonds is 3. The number of hydrogen-bond acceptors (Lipinski definition) is 5.